The molecule has 0 amide bonds. The van der Waals surface area contributed by atoms with Crippen molar-refractivity contribution < 1.29 is 0 Å². The van der Waals surface area contributed by atoms with Gasteiger partial charge in [0.1, 0.15) is 6.07 Å². The van der Waals surface area contributed by atoms with Crippen LogP contribution in [0, 0.1) is 16.7 Å². The third-order valence-corrected chi connectivity index (χ3v) is 3.78. The van der Waals surface area contributed by atoms with Crippen LogP contribution in [0.2, 0.25) is 0 Å². The second-order valence-electron chi connectivity index (χ2n) is 3.46. The van der Waals surface area contributed by atoms with Crippen LogP contribution in [-0.4, -0.2) is 0 Å². The minimum absolute atomic E-state index is 0.486. The standard InChI is InChI=1S/C10H10N3S/c11-6-8-7-4-2-1-3-5-9(7)14-10(8)13-12/h1-5H2/q+1. The van der Waals surface area contributed by atoms with E-state index in [1.807, 2.05) is 0 Å². The number of fused-ring (bicyclic) bond motifs is 1. The van der Waals surface area contributed by atoms with E-state index < -0.39 is 0 Å². The van der Waals surface area contributed by atoms with E-state index in [1.165, 1.54) is 29.1 Å². The molecule has 0 saturated heterocycles. The molecule has 4 heteroatoms. The van der Waals surface area contributed by atoms with Crippen LogP contribution in [0.5, 0.6) is 0 Å². The number of hydrogen-bond donors (Lipinski definition) is 0. The van der Waals surface area contributed by atoms with Gasteiger partial charge in [-0.2, -0.15) is 5.26 Å². The third kappa shape index (κ3) is 1.38. The average molecular weight is 204 g/mol. The molecule has 0 radical (unpaired) electrons. The first-order valence-corrected chi connectivity index (χ1v) is 5.58. The molecule has 3 nitrogen and oxygen atoms in total. The molecule has 0 aromatic carbocycles. The molecular formula is C10H10N3S+. The molecule has 0 saturated carbocycles. The molecule has 1 aliphatic rings. The molecule has 1 aliphatic carbocycles. The maximum atomic E-state index is 8.97. The summed E-state index contributed by atoms with van der Waals surface area (Å²) < 4.78 is 0. The molecule has 70 valence electrons. The highest BCUT2D eigenvalue weighted by Crippen LogP contribution is 2.38. The van der Waals surface area contributed by atoms with Crippen molar-refractivity contribution in [3.05, 3.63) is 21.0 Å². The highest BCUT2D eigenvalue weighted by molar-refractivity contribution is 7.16. The van der Waals surface area contributed by atoms with Crippen LogP contribution >= 0.6 is 11.3 Å². The van der Waals surface area contributed by atoms with Crippen molar-refractivity contribution in [2.45, 2.75) is 32.1 Å². The number of aryl methyl sites for hydroxylation is 1. The second-order valence-corrected chi connectivity index (χ2v) is 4.54. The number of nitriles is 1. The van der Waals surface area contributed by atoms with Gasteiger partial charge in [-0.3, -0.25) is 0 Å². The molecule has 0 unspecified atom stereocenters. The third-order valence-electron chi connectivity index (χ3n) is 2.61. The van der Waals surface area contributed by atoms with Crippen molar-refractivity contribution in [1.29, 1.82) is 10.7 Å². The molecule has 0 spiro atoms. The molecule has 0 atom stereocenters. The quantitative estimate of drug-likeness (QED) is 0.480. The van der Waals surface area contributed by atoms with Gasteiger partial charge in [0.15, 0.2) is 10.5 Å². The van der Waals surface area contributed by atoms with Crippen LogP contribution in [0.1, 0.15) is 35.3 Å². The summed E-state index contributed by atoms with van der Waals surface area (Å²) in [6.07, 6.45) is 5.55. The highest BCUT2D eigenvalue weighted by atomic mass is 32.1. The van der Waals surface area contributed by atoms with E-state index in [0.717, 1.165) is 24.8 Å². The first kappa shape index (κ1) is 9.18. The Morgan fingerprint density at radius 3 is 2.71 bits per heavy atom. The Morgan fingerprint density at radius 2 is 2.00 bits per heavy atom. The van der Waals surface area contributed by atoms with Crippen molar-refractivity contribution in [3.63, 3.8) is 0 Å². The Bertz CT molecular complexity index is 433. The van der Waals surface area contributed by atoms with Crippen LogP contribution in [0.15, 0.2) is 0 Å². The average Bonchev–Trinajstić information content (AvgIpc) is 2.39. The number of thiophene rings is 1. The van der Waals surface area contributed by atoms with Crippen LogP contribution in [0.3, 0.4) is 0 Å². The maximum Gasteiger partial charge on any atom is 0.458 e. The first-order chi connectivity index (χ1) is 6.86. The maximum absolute atomic E-state index is 8.97. The lowest BCUT2D eigenvalue weighted by Gasteiger charge is -1.93. The van der Waals surface area contributed by atoms with E-state index in [-0.39, 0.29) is 0 Å². The van der Waals surface area contributed by atoms with E-state index in [9.17, 15) is 0 Å². The zero-order valence-electron chi connectivity index (χ0n) is 7.79. The van der Waals surface area contributed by atoms with Crippen molar-refractivity contribution in [3.8, 4) is 6.07 Å². The van der Waals surface area contributed by atoms with E-state index in [0.29, 0.717) is 10.6 Å². The van der Waals surface area contributed by atoms with Crippen molar-refractivity contribution in [1.82, 2.24) is 0 Å². The van der Waals surface area contributed by atoms with Gasteiger partial charge in [-0.25, -0.2) is 0 Å². The SMILES string of the molecule is N#Cc1c([N+]#N)sc2c1CCCCC2. The molecule has 2 rings (SSSR count). The second kappa shape index (κ2) is 3.77. The van der Waals surface area contributed by atoms with Crippen LogP contribution in [-0.2, 0) is 12.8 Å². The largest absolute Gasteiger partial charge is 0.458 e. The molecule has 1 aromatic rings. The predicted octanol–water partition coefficient (Wildman–Crippen LogP) is 3.37. The topological polar surface area (TPSA) is 51.9 Å². The van der Waals surface area contributed by atoms with Crippen LogP contribution in [0.25, 0.3) is 4.98 Å². The van der Waals surface area contributed by atoms with E-state index in [1.54, 1.807) is 0 Å². The molecule has 1 heterocycles. The Labute approximate surface area is 86.6 Å². The van der Waals surface area contributed by atoms with Gasteiger partial charge in [-0.1, -0.05) is 6.42 Å². The molecule has 0 N–H and O–H groups in total. The number of nitrogens with zero attached hydrogens (tertiary/aromatic N) is 3. The monoisotopic (exact) mass is 204 g/mol. The highest BCUT2D eigenvalue weighted by Gasteiger charge is 2.26. The van der Waals surface area contributed by atoms with Crippen molar-refractivity contribution in [2.24, 2.45) is 0 Å². The molecule has 0 bridgehead atoms. The first-order valence-electron chi connectivity index (χ1n) is 4.76. The Morgan fingerprint density at radius 1 is 1.21 bits per heavy atom. The normalized spacial score (nSPS) is 15.0. The fourth-order valence-corrected chi connectivity index (χ4v) is 3.03. The van der Waals surface area contributed by atoms with Crippen LogP contribution < -0.4 is 0 Å². The summed E-state index contributed by atoms with van der Waals surface area (Å²) in [6, 6.07) is 2.14. The van der Waals surface area contributed by atoms with Gasteiger partial charge in [0, 0.05) is 4.88 Å². The molecule has 1 aromatic heterocycles. The summed E-state index contributed by atoms with van der Waals surface area (Å²) >= 11 is 1.46. The molecule has 0 fully saturated rings. The molecule has 14 heavy (non-hydrogen) atoms. The predicted molar refractivity (Wildman–Crippen MR) is 55.0 cm³/mol. The van der Waals surface area contributed by atoms with Gasteiger partial charge in [0.25, 0.3) is 0 Å². The van der Waals surface area contributed by atoms with Gasteiger partial charge in [-0.15, -0.1) is 0 Å². The van der Waals surface area contributed by atoms with Gasteiger partial charge in [0.05, 0.1) is 0 Å². The zero-order chi connectivity index (χ0) is 9.97. The van der Waals surface area contributed by atoms with E-state index >= 15 is 0 Å². The summed E-state index contributed by atoms with van der Waals surface area (Å²) in [6.45, 7) is 0. The van der Waals surface area contributed by atoms with Gasteiger partial charge < -0.3 is 0 Å². The van der Waals surface area contributed by atoms with Crippen LogP contribution in [0.4, 0.5) is 5.00 Å². The lowest BCUT2D eigenvalue weighted by Crippen LogP contribution is -1.86. The van der Waals surface area contributed by atoms with E-state index in [4.69, 9.17) is 10.7 Å². The summed E-state index contributed by atoms with van der Waals surface area (Å²) in [5.74, 6) is 0. The Balaban J connectivity index is 2.54. The molecule has 0 aliphatic heterocycles. The minimum atomic E-state index is 0.486. The van der Waals surface area contributed by atoms with Gasteiger partial charge in [0.2, 0.25) is 5.39 Å². The Kier molecular flexibility index (Phi) is 2.47. The van der Waals surface area contributed by atoms with Gasteiger partial charge in [-0.05, 0) is 42.6 Å². The summed E-state index contributed by atoms with van der Waals surface area (Å²) in [5.41, 5.74) is 1.72. The number of rotatable bonds is 0. The minimum Gasteiger partial charge on any atom is -0.192 e. The summed E-state index contributed by atoms with van der Waals surface area (Å²) in [4.78, 5) is 4.42. The lowest BCUT2D eigenvalue weighted by molar-refractivity contribution is 0.712. The summed E-state index contributed by atoms with van der Waals surface area (Å²) in [5, 5.41) is 18.2. The lowest BCUT2D eigenvalue weighted by atomic mass is 10.1. The fraction of sp³-hybridized carbons (Fsp3) is 0.500. The Hall–Kier alpha value is -1.39. The zero-order valence-corrected chi connectivity index (χ0v) is 8.60. The number of diazo groups is 1. The van der Waals surface area contributed by atoms with E-state index in [2.05, 4.69) is 11.0 Å². The van der Waals surface area contributed by atoms with Crippen molar-refractivity contribution >= 4 is 16.3 Å². The summed E-state index contributed by atoms with van der Waals surface area (Å²) in [7, 11) is 0. The van der Waals surface area contributed by atoms with Gasteiger partial charge >= 0.3 is 5.00 Å². The molecular weight excluding hydrogens is 194 g/mol. The fourth-order valence-electron chi connectivity index (χ4n) is 1.91. The number of hydrogen-bond acceptors (Lipinski definition) is 3. The smallest absolute Gasteiger partial charge is 0.192 e. The van der Waals surface area contributed by atoms with Crippen molar-refractivity contribution in [2.75, 3.05) is 0 Å².